The fourth-order valence-corrected chi connectivity index (χ4v) is 2.98. The van der Waals surface area contributed by atoms with Crippen LogP contribution < -0.4 is 20.3 Å². The number of hydrogen-bond acceptors (Lipinski definition) is 4. The van der Waals surface area contributed by atoms with Crippen molar-refractivity contribution in [3.63, 3.8) is 0 Å². The van der Waals surface area contributed by atoms with Crippen molar-refractivity contribution in [1.82, 2.24) is 9.88 Å². The molecule has 0 saturated carbocycles. The van der Waals surface area contributed by atoms with E-state index in [2.05, 4.69) is 5.32 Å². The Morgan fingerprint density at radius 3 is 2.76 bits per heavy atom. The van der Waals surface area contributed by atoms with Gasteiger partial charge in [-0.25, -0.2) is 0 Å². The lowest BCUT2D eigenvalue weighted by Crippen LogP contribution is -2.24. The monoisotopic (exact) mass is 288 g/mol. The van der Waals surface area contributed by atoms with E-state index in [1.165, 1.54) is 0 Å². The number of rotatable bonds is 4. The minimum atomic E-state index is 0.0281. The number of aromatic nitrogens is 1. The zero-order chi connectivity index (χ0) is 14.8. The molecule has 3 rings (SSSR count). The van der Waals surface area contributed by atoms with Gasteiger partial charge in [-0.2, -0.15) is 0 Å². The van der Waals surface area contributed by atoms with Crippen molar-refractivity contribution in [3.8, 4) is 11.5 Å². The maximum Gasteiger partial charge on any atom is 0.258 e. The fraction of sp³-hybridized carbons (Fsp3) is 0.438. The molecule has 0 radical (unpaired) electrons. The zero-order valence-electron chi connectivity index (χ0n) is 12.4. The predicted molar refractivity (Wildman–Crippen MR) is 82.3 cm³/mol. The van der Waals surface area contributed by atoms with E-state index in [4.69, 9.17) is 9.47 Å². The van der Waals surface area contributed by atoms with E-state index in [1.807, 2.05) is 18.3 Å². The van der Waals surface area contributed by atoms with Gasteiger partial charge < -0.3 is 19.4 Å². The molecule has 1 unspecified atom stereocenters. The lowest BCUT2D eigenvalue weighted by molar-refractivity contribution is 0.358. The van der Waals surface area contributed by atoms with Crippen LogP contribution in [0.1, 0.15) is 6.42 Å². The third-order valence-corrected chi connectivity index (χ3v) is 4.11. The number of pyridine rings is 1. The summed E-state index contributed by atoms with van der Waals surface area (Å²) in [7, 11) is 3.19. The van der Waals surface area contributed by atoms with E-state index in [0.29, 0.717) is 22.8 Å². The molecule has 2 heterocycles. The SMILES string of the molecule is COc1ccc2c(=O)n(CC3CCNC3)ccc2c1OC. The average molecular weight is 288 g/mol. The zero-order valence-corrected chi connectivity index (χ0v) is 12.4. The number of methoxy groups -OCH3 is 2. The number of ether oxygens (including phenoxy) is 2. The molecule has 0 aliphatic carbocycles. The first kappa shape index (κ1) is 13.9. The molecule has 0 spiro atoms. The van der Waals surface area contributed by atoms with Gasteiger partial charge in [0.1, 0.15) is 0 Å². The van der Waals surface area contributed by atoms with Crippen LogP contribution in [0, 0.1) is 5.92 Å². The van der Waals surface area contributed by atoms with Crippen LogP contribution in [0.2, 0.25) is 0 Å². The molecule has 2 aromatic rings. The highest BCUT2D eigenvalue weighted by atomic mass is 16.5. The van der Waals surface area contributed by atoms with Gasteiger partial charge in [-0.3, -0.25) is 4.79 Å². The third kappa shape index (κ3) is 2.49. The summed E-state index contributed by atoms with van der Waals surface area (Å²) in [6.45, 7) is 2.78. The second-order valence-corrected chi connectivity index (χ2v) is 5.39. The summed E-state index contributed by atoms with van der Waals surface area (Å²) < 4.78 is 12.5. The maximum atomic E-state index is 12.6. The molecule has 1 aromatic carbocycles. The Morgan fingerprint density at radius 2 is 2.10 bits per heavy atom. The number of hydrogen-bond donors (Lipinski definition) is 1. The molecule has 0 amide bonds. The van der Waals surface area contributed by atoms with Crippen LogP contribution in [0.5, 0.6) is 11.5 Å². The van der Waals surface area contributed by atoms with E-state index < -0.39 is 0 Å². The standard InChI is InChI=1S/C16H20N2O3/c1-20-14-4-3-13-12(15(14)21-2)6-8-18(16(13)19)10-11-5-7-17-9-11/h3-4,6,8,11,17H,5,7,9-10H2,1-2H3. The van der Waals surface area contributed by atoms with Gasteiger partial charge in [0.25, 0.3) is 5.56 Å². The molecule has 1 N–H and O–H groups in total. The molecular weight excluding hydrogens is 268 g/mol. The first-order valence-electron chi connectivity index (χ1n) is 7.19. The van der Waals surface area contributed by atoms with Crippen LogP contribution >= 0.6 is 0 Å². The molecule has 1 aliphatic rings. The molecule has 5 heteroatoms. The van der Waals surface area contributed by atoms with Gasteiger partial charge in [-0.15, -0.1) is 0 Å². The molecule has 0 bridgehead atoms. The van der Waals surface area contributed by atoms with Crippen molar-refractivity contribution >= 4 is 10.8 Å². The van der Waals surface area contributed by atoms with Crippen molar-refractivity contribution in [2.45, 2.75) is 13.0 Å². The molecular formula is C16H20N2O3. The van der Waals surface area contributed by atoms with Gasteiger partial charge in [-0.05, 0) is 43.6 Å². The summed E-state index contributed by atoms with van der Waals surface area (Å²) in [5, 5.41) is 4.79. The van der Waals surface area contributed by atoms with Crippen LogP contribution in [0.3, 0.4) is 0 Å². The highest BCUT2D eigenvalue weighted by molar-refractivity contribution is 5.90. The number of nitrogens with zero attached hydrogens (tertiary/aromatic N) is 1. The first-order chi connectivity index (χ1) is 10.2. The van der Waals surface area contributed by atoms with Gasteiger partial charge in [0.2, 0.25) is 0 Å². The Hall–Kier alpha value is -2.01. The Morgan fingerprint density at radius 1 is 1.24 bits per heavy atom. The van der Waals surface area contributed by atoms with E-state index >= 15 is 0 Å². The second kappa shape index (κ2) is 5.77. The largest absolute Gasteiger partial charge is 0.493 e. The molecule has 1 aromatic heterocycles. The Labute approximate surface area is 123 Å². The van der Waals surface area contributed by atoms with Crippen molar-refractivity contribution < 1.29 is 9.47 Å². The van der Waals surface area contributed by atoms with Crippen LogP contribution in [-0.2, 0) is 6.54 Å². The quantitative estimate of drug-likeness (QED) is 0.929. The molecule has 1 atom stereocenters. The smallest absolute Gasteiger partial charge is 0.258 e. The van der Waals surface area contributed by atoms with Crippen LogP contribution in [0.15, 0.2) is 29.2 Å². The molecule has 1 saturated heterocycles. The second-order valence-electron chi connectivity index (χ2n) is 5.39. The maximum absolute atomic E-state index is 12.6. The average Bonchev–Trinajstić information content (AvgIpc) is 3.02. The molecule has 5 nitrogen and oxygen atoms in total. The van der Waals surface area contributed by atoms with Crippen LogP contribution in [0.25, 0.3) is 10.8 Å². The normalized spacial score (nSPS) is 18.1. The third-order valence-electron chi connectivity index (χ3n) is 4.11. The molecule has 1 aliphatic heterocycles. The van der Waals surface area contributed by atoms with E-state index in [1.54, 1.807) is 24.9 Å². The predicted octanol–water partition coefficient (Wildman–Crippen LogP) is 1.63. The van der Waals surface area contributed by atoms with E-state index in [0.717, 1.165) is 31.4 Å². The lowest BCUT2D eigenvalue weighted by atomic mass is 10.1. The van der Waals surface area contributed by atoms with E-state index in [-0.39, 0.29) is 5.56 Å². The van der Waals surface area contributed by atoms with Gasteiger partial charge in [0.15, 0.2) is 11.5 Å². The Kier molecular flexibility index (Phi) is 3.84. The fourth-order valence-electron chi connectivity index (χ4n) is 2.98. The van der Waals surface area contributed by atoms with Crippen molar-refractivity contribution in [2.24, 2.45) is 5.92 Å². The van der Waals surface area contributed by atoms with Crippen LogP contribution in [0.4, 0.5) is 0 Å². The van der Waals surface area contributed by atoms with Crippen LogP contribution in [-0.4, -0.2) is 31.9 Å². The van der Waals surface area contributed by atoms with Crippen molar-refractivity contribution in [1.29, 1.82) is 0 Å². The Bertz CT molecular complexity index is 702. The summed E-state index contributed by atoms with van der Waals surface area (Å²) in [5.41, 5.74) is 0.0281. The summed E-state index contributed by atoms with van der Waals surface area (Å²) in [6, 6.07) is 5.52. The van der Waals surface area contributed by atoms with Gasteiger partial charge in [-0.1, -0.05) is 0 Å². The topological polar surface area (TPSA) is 52.5 Å². The van der Waals surface area contributed by atoms with E-state index in [9.17, 15) is 4.79 Å². The number of nitrogens with one attached hydrogen (secondary N) is 1. The highest BCUT2D eigenvalue weighted by Gasteiger charge is 2.17. The molecule has 21 heavy (non-hydrogen) atoms. The van der Waals surface area contributed by atoms with Crippen molar-refractivity contribution in [3.05, 3.63) is 34.7 Å². The minimum absolute atomic E-state index is 0.0281. The van der Waals surface area contributed by atoms with Gasteiger partial charge in [0.05, 0.1) is 19.6 Å². The van der Waals surface area contributed by atoms with Gasteiger partial charge in [0, 0.05) is 18.1 Å². The summed E-state index contributed by atoms with van der Waals surface area (Å²) in [6.07, 6.45) is 2.97. The first-order valence-corrected chi connectivity index (χ1v) is 7.19. The lowest BCUT2D eigenvalue weighted by Gasteiger charge is -2.14. The minimum Gasteiger partial charge on any atom is -0.493 e. The molecule has 1 fully saturated rings. The molecule has 112 valence electrons. The highest BCUT2D eigenvalue weighted by Crippen LogP contribution is 2.33. The number of benzene rings is 1. The van der Waals surface area contributed by atoms with Gasteiger partial charge >= 0.3 is 0 Å². The number of fused-ring (bicyclic) bond motifs is 1. The summed E-state index contributed by atoms with van der Waals surface area (Å²) >= 11 is 0. The Balaban J connectivity index is 2.06. The van der Waals surface area contributed by atoms with Crippen molar-refractivity contribution in [2.75, 3.05) is 27.3 Å². The summed E-state index contributed by atoms with van der Waals surface area (Å²) in [4.78, 5) is 12.6. The summed E-state index contributed by atoms with van der Waals surface area (Å²) in [5.74, 6) is 1.78.